The van der Waals surface area contributed by atoms with E-state index < -0.39 is 57.2 Å². The molecular formula is C31H38N8O9S2. The third-order valence-corrected chi connectivity index (χ3v) is 9.14. The number of hydrogen-bond acceptors (Lipinski definition) is 12. The molecule has 4 rings (SSSR count). The summed E-state index contributed by atoms with van der Waals surface area (Å²) in [6.07, 6.45) is 2.43. The van der Waals surface area contributed by atoms with Gasteiger partial charge in [-0.25, -0.2) is 22.9 Å². The van der Waals surface area contributed by atoms with Crippen molar-refractivity contribution in [2.45, 2.75) is 69.7 Å². The number of carbonyl (C=O) groups excluding carboxylic acids is 4. The molecule has 2 aromatic heterocycles. The van der Waals surface area contributed by atoms with E-state index >= 15 is 0 Å². The predicted octanol–water partition coefficient (Wildman–Crippen LogP) is 1.62. The van der Waals surface area contributed by atoms with E-state index in [4.69, 9.17) is 14.9 Å². The highest BCUT2D eigenvalue weighted by Gasteiger charge is 2.41. The van der Waals surface area contributed by atoms with Crippen molar-refractivity contribution in [1.82, 2.24) is 30.6 Å². The van der Waals surface area contributed by atoms with Crippen LogP contribution in [0.3, 0.4) is 0 Å². The van der Waals surface area contributed by atoms with Gasteiger partial charge in [-0.1, -0.05) is 13.3 Å². The van der Waals surface area contributed by atoms with Gasteiger partial charge in [0, 0.05) is 35.4 Å². The van der Waals surface area contributed by atoms with Crippen LogP contribution < -0.4 is 36.2 Å². The highest BCUT2D eigenvalue weighted by atomic mass is 32.2. The van der Waals surface area contributed by atoms with Crippen LogP contribution in [0.4, 0.5) is 9.93 Å². The number of sulfonamides is 1. The molecule has 3 heterocycles. The Labute approximate surface area is 291 Å². The molecule has 4 amide bonds. The Morgan fingerprint density at radius 3 is 2.48 bits per heavy atom. The molecule has 0 unspecified atom stereocenters. The fourth-order valence-corrected chi connectivity index (χ4v) is 6.08. The molecule has 7 N–H and O–H groups in total. The Balaban J connectivity index is 1.26. The molecule has 0 spiro atoms. The van der Waals surface area contributed by atoms with Crippen LogP contribution in [0.2, 0.25) is 0 Å². The number of anilines is 1. The standard InChI is InChI=1S/C31H38N8O9S2/c1-5-6-11-47-23-15-33-18(12-22(23)40)13-34-26(41)17-7-9-19(10-8-17)50(45,46)35-14-20-25(28(43)36-20)38-27(42)24(32)21-16-49-29(37-21)39-30(44)48-31(2,3)4/h7-10,12,15-16,20,25,32,35H,5-6,11,13-14H2,1-4H3,(H,33,40)(H,34,41)(H,36,43)(H,38,42)(H,37,39,44)/t20-,25+/m1/s1. The van der Waals surface area contributed by atoms with Crippen molar-refractivity contribution in [3.8, 4) is 5.75 Å². The average molecular weight is 731 g/mol. The fraction of sp³-hybridized carbons (Fsp3) is 0.387. The molecule has 1 aromatic carbocycles. The molecule has 0 aliphatic carbocycles. The second-order valence-electron chi connectivity index (χ2n) is 12.1. The van der Waals surface area contributed by atoms with Gasteiger partial charge in [0.2, 0.25) is 21.4 Å². The molecule has 2 atom stereocenters. The van der Waals surface area contributed by atoms with Crippen molar-refractivity contribution < 1.29 is 37.1 Å². The Bertz CT molecular complexity index is 1920. The molecule has 1 saturated heterocycles. The van der Waals surface area contributed by atoms with E-state index in [1.807, 2.05) is 6.92 Å². The van der Waals surface area contributed by atoms with Gasteiger partial charge in [-0.2, -0.15) is 0 Å². The Morgan fingerprint density at radius 2 is 1.84 bits per heavy atom. The zero-order valence-electron chi connectivity index (χ0n) is 27.7. The molecule has 0 saturated carbocycles. The number of carbonyl (C=O) groups is 4. The fourth-order valence-electron chi connectivity index (χ4n) is 4.33. The van der Waals surface area contributed by atoms with Crippen molar-refractivity contribution in [3.05, 3.63) is 69.1 Å². The van der Waals surface area contributed by atoms with Gasteiger partial charge in [0.25, 0.3) is 11.8 Å². The zero-order chi connectivity index (χ0) is 36.6. The van der Waals surface area contributed by atoms with Gasteiger partial charge < -0.3 is 30.4 Å². The summed E-state index contributed by atoms with van der Waals surface area (Å²) >= 11 is 0.967. The predicted molar refractivity (Wildman–Crippen MR) is 183 cm³/mol. The summed E-state index contributed by atoms with van der Waals surface area (Å²) in [4.78, 5) is 68.5. The van der Waals surface area contributed by atoms with Gasteiger partial charge >= 0.3 is 6.09 Å². The van der Waals surface area contributed by atoms with Gasteiger partial charge in [0.15, 0.2) is 10.9 Å². The first-order valence-corrected chi connectivity index (χ1v) is 17.8. The van der Waals surface area contributed by atoms with Crippen LogP contribution in [0.1, 0.15) is 62.3 Å². The molecule has 50 heavy (non-hydrogen) atoms. The molecule has 0 bridgehead atoms. The largest absolute Gasteiger partial charge is 0.488 e. The number of β-lactam (4-membered cyclic amide) rings is 1. The summed E-state index contributed by atoms with van der Waals surface area (Å²) < 4.78 is 38.8. The number of unbranched alkanes of at least 4 members (excludes halogenated alkanes) is 1. The monoisotopic (exact) mass is 730 g/mol. The summed E-state index contributed by atoms with van der Waals surface area (Å²) in [6, 6.07) is 4.51. The number of nitrogens with zero attached hydrogens (tertiary/aromatic N) is 1. The minimum atomic E-state index is -4.09. The summed E-state index contributed by atoms with van der Waals surface area (Å²) in [5.74, 6) is -1.81. The second-order valence-corrected chi connectivity index (χ2v) is 14.7. The highest BCUT2D eigenvalue weighted by Crippen LogP contribution is 2.18. The van der Waals surface area contributed by atoms with E-state index in [9.17, 15) is 32.4 Å². The van der Waals surface area contributed by atoms with Crippen LogP contribution in [0.15, 0.2) is 51.6 Å². The number of thiazole rings is 1. The lowest BCUT2D eigenvalue weighted by Gasteiger charge is -2.37. The first kappa shape index (κ1) is 37.7. The molecule has 17 nitrogen and oxygen atoms in total. The summed E-state index contributed by atoms with van der Waals surface area (Å²) in [6.45, 7) is 7.24. The van der Waals surface area contributed by atoms with E-state index in [0.29, 0.717) is 12.3 Å². The summed E-state index contributed by atoms with van der Waals surface area (Å²) in [5, 5.41) is 19.6. The Morgan fingerprint density at radius 1 is 1.12 bits per heavy atom. The average Bonchev–Trinajstić information content (AvgIpc) is 3.52. The molecule has 268 valence electrons. The number of hydrogen-bond donors (Lipinski definition) is 7. The van der Waals surface area contributed by atoms with Gasteiger partial charge in [0.1, 0.15) is 23.0 Å². The van der Waals surface area contributed by atoms with E-state index in [1.54, 1.807) is 20.8 Å². The first-order chi connectivity index (χ1) is 23.6. The second kappa shape index (κ2) is 16.0. The smallest absolute Gasteiger partial charge is 0.413 e. The molecular weight excluding hydrogens is 693 g/mol. The lowest BCUT2D eigenvalue weighted by molar-refractivity contribution is -0.134. The summed E-state index contributed by atoms with van der Waals surface area (Å²) in [5.41, 5.74) is -1.05. The minimum Gasteiger partial charge on any atom is -0.488 e. The van der Waals surface area contributed by atoms with Crippen LogP contribution >= 0.6 is 11.3 Å². The molecule has 19 heteroatoms. The lowest BCUT2D eigenvalue weighted by atomic mass is 9.99. The third-order valence-electron chi connectivity index (χ3n) is 6.95. The van der Waals surface area contributed by atoms with Gasteiger partial charge in [-0.05, 0) is 51.5 Å². The number of H-pyrrole nitrogens is 1. The van der Waals surface area contributed by atoms with E-state index in [-0.39, 0.29) is 45.6 Å². The minimum absolute atomic E-state index is 0.0192. The highest BCUT2D eigenvalue weighted by molar-refractivity contribution is 7.89. The van der Waals surface area contributed by atoms with Crippen molar-refractivity contribution in [3.63, 3.8) is 0 Å². The topological polar surface area (TPSA) is 251 Å². The van der Waals surface area contributed by atoms with Gasteiger partial charge in [0.05, 0.1) is 24.1 Å². The lowest BCUT2D eigenvalue weighted by Crippen LogP contribution is -2.72. The SMILES string of the molecule is CCCCOc1c[nH]c(CNC(=O)c2ccc(S(=O)(=O)NC[C@H]3NC(=O)[C@H]3NC(=O)C(=N)c3csc(NC(=O)OC(C)(C)C)n3)cc2)cc1=O. The first-order valence-electron chi connectivity index (χ1n) is 15.4. The van der Waals surface area contributed by atoms with Crippen LogP contribution in [-0.4, -0.2) is 78.7 Å². The number of ether oxygens (including phenoxy) is 2. The number of aromatic amines is 1. The number of benzene rings is 1. The van der Waals surface area contributed by atoms with E-state index in [1.165, 1.54) is 41.9 Å². The Hall–Kier alpha value is -5.14. The third kappa shape index (κ3) is 10.2. The van der Waals surface area contributed by atoms with Crippen molar-refractivity contribution >= 4 is 56.0 Å². The maximum absolute atomic E-state index is 12.9. The molecule has 3 aromatic rings. The maximum atomic E-state index is 12.9. The zero-order valence-corrected chi connectivity index (χ0v) is 29.3. The molecule has 1 aliphatic rings. The van der Waals surface area contributed by atoms with E-state index in [2.05, 4.69) is 36.0 Å². The summed E-state index contributed by atoms with van der Waals surface area (Å²) in [7, 11) is -4.09. The molecule has 0 radical (unpaired) electrons. The number of amides is 4. The molecule has 1 fully saturated rings. The number of rotatable bonds is 15. The molecule has 1 aliphatic heterocycles. The normalized spacial score (nSPS) is 15.6. The number of pyridine rings is 1. The van der Waals surface area contributed by atoms with Crippen molar-refractivity contribution in [2.24, 2.45) is 0 Å². The van der Waals surface area contributed by atoms with E-state index in [0.717, 1.165) is 24.2 Å². The number of aromatic nitrogens is 2. The number of nitrogens with one attached hydrogen (secondary N) is 7. The van der Waals surface area contributed by atoms with Crippen LogP contribution in [-0.2, 0) is 30.9 Å². The maximum Gasteiger partial charge on any atom is 0.413 e. The van der Waals surface area contributed by atoms with Crippen LogP contribution in [0.25, 0.3) is 0 Å². The quantitative estimate of drug-likeness (QED) is 0.0676. The van der Waals surface area contributed by atoms with Crippen molar-refractivity contribution in [1.29, 1.82) is 5.41 Å². The van der Waals surface area contributed by atoms with Gasteiger partial charge in [-0.3, -0.25) is 29.9 Å². The Kier molecular flexibility index (Phi) is 12.1. The van der Waals surface area contributed by atoms with Gasteiger partial charge in [-0.15, -0.1) is 11.3 Å². The van der Waals surface area contributed by atoms with Crippen molar-refractivity contribution in [2.75, 3.05) is 18.5 Å². The van der Waals surface area contributed by atoms with Crippen LogP contribution in [0.5, 0.6) is 5.75 Å². The van der Waals surface area contributed by atoms with Crippen LogP contribution in [0, 0.1) is 5.41 Å².